The first-order valence-electron chi connectivity index (χ1n) is 4.84. The van der Waals surface area contributed by atoms with Gasteiger partial charge in [-0.1, -0.05) is 33.8 Å². The van der Waals surface area contributed by atoms with Crippen LogP contribution in [0, 0.1) is 0 Å². The molecule has 16 heavy (non-hydrogen) atoms. The molecule has 0 amide bonds. The van der Waals surface area contributed by atoms with Crippen molar-refractivity contribution < 1.29 is 0 Å². The molecule has 1 aromatic carbocycles. The average Bonchev–Trinajstić information content (AvgIpc) is 2.65. The van der Waals surface area contributed by atoms with Gasteiger partial charge in [-0.25, -0.2) is 4.98 Å². The van der Waals surface area contributed by atoms with Crippen molar-refractivity contribution >= 4 is 27.7 Å². The van der Waals surface area contributed by atoms with Crippen molar-refractivity contribution in [2.45, 2.75) is 16.6 Å². The smallest absolute Gasteiger partial charge is 0.172 e. The van der Waals surface area contributed by atoms with E-state index in [-0.39, 0.29) is 0 Å². The summed E-state index contributed by atoms with van der Waals surface area (Å²) in [6.07, 6.45) is 3.73. The fourth-order valence-corrected chi connectivity index (χ4v) is 2.84. The quantitative estimate of drug-likeness (QED) is 0.947. The summed E-state index contributed by atoms with van der Waals surface area (Å²) in [6, 6.07) is 6.11. The molecule has 0 saturated heterocycles. The van der Waals surface area contributed by atoms with Gasteiger partial charge >= 0.3 is 0 Å². The molecule has 2 rings (SSSR count). The lowest BCUT2D eigenvalue weighted by molar-refractivity contribution is 0.789. The van der Waals surface area contributed by atoms with Crippen molar-refractivity contribution in [2.24, 2.45) is 12.8 Å². The third-order valence-corrected chi connectivity index (χ3v) is 3.90. The van der Waals surface area contributed by atoms with Crippen molar-refractivity contribution in [2.75, 3.05) is 0 Å². The Kier molecular flexibility index (Phi) is 3.68. The van der Waals surface area contributed by atoms with E-state index in [0.29, 0.717) is 6.54 Å². The Morgan fingerprint density at radius 1 is 1.50 bits per heavy atom. The molecule has 1 heterocycles. The van der Waals surface area contributed by atoms with E-state index in [0.717, 1.165) is 20.1 Å². The number of halogens is 1. The van der Waals surface area contributed by atoms with Crippen LogP contribution in [-0.2, 0) is 13.6 Å². The van der Waals surface area contributed by atoms with E-state index in [4.69, 9.17) is 5.73 Å². The van der Waals surface area contributed by atoms with E-state index < -0.39 is 0 Å². The van der Waals surface area contributed by atoms with Gasteiger partial charge in [-0.15, -0.1) is 0 Å². The second kappa shape index (κ2) is 5.03. The first-order chi connectivity index (χ1) is 7.70. The lowest BCUT2D eigenvalue weighted by Crippen LogP contribution is -1.99. The zero-order valence-corrected chi connectivity index (χ0v) is 11.3. The molecular weight excluding hydrogens is 286 g/mol. The summed E-state index contributed by atoms with van der Waals surface area (Å²) < 4.78 is 3.05. The zero-order chi connectivity index (χ0) is 11.5. The second-order valence-corrected chi connectivity index (χ2v) is 5.30. The largest absolute Gasteiger partial charge is 0.329 e. The average molecular weight is 298 g/mol. The lowest BCUT2D eigenvalue weighted by atomic mass is 10.2. The topological polar surface area (TPSA) is 43.8 Å². The Balaban J connectivity index is 2.33. The lowest BCUT2D eigenvalue weighted by Gasteiger charge is -2.07. The monoisotopic (exact) mass is 297 g/mol. The predicted octanol–water partition coefficient (Wildman–Crippen LogP) is 2.79. The normalized spacial score (nSPS) is 10.7. The van der Waals surface area contributed by atoms with Crippen molar-refractivity contribution in [1.29, 1.82) is 0 Å². The van der Waals surface area contributed by atoms with Gasteiger partial charge in [0.1, 0.15) is 0 Å². The third kappa shape index (κ3) is 2.48. The van der Waals surface area contributed by atoms with Crippen molar-refractivity contribution in [3.05, 3.63) is 40.6 Å². The Morgan fingerprint density at radius 2 is 2.31 bits per heavy atom. The Hall–Kier alpha value is -0.780. The minimum atomic E-state index is 0.542. The Bertz CT molecular complexity index is 496. The minimum Gasteiger partial charge on any atom is -0.329 e. The molecule has 0 atom stereocenters. The van der Waals surface area contributed by atoms with Gasteiger partial charge in [-0.2, -0.15) is 0 Å². The van der Waals surface area contributed by atoms with Gasteiger partial charge in [0.25, 0.3) is 0 Å². The van der Waals surface area contributed by atoms with Gasteiger partial charge in [0.05, 0.1) is 0 Å². The van der Waals surface area contributed by atoms with Crippen LogP contribution in [0.15, 0.2) is 45.1 Å². The summed E-state index contributed by atoms with van der Waals surface area (Å²) >= 11 is 5.09. The summed E-state index contributed by atoms with van der Waals surface area (Å²) in [4.78, 5) is 5.43. The number of nitrogens with zero attached hydrogens (tertiary/aromatic N) is 2. The molecule has 0 saturated carbocycles. The molecule has 84 valence electrons. The number of nitrogens with two attached hydrogens (primary N) is 1. The van der Waals surface area contributed by atoms with E-state index in [2.05, 4.69) is 27.0 Å². The SMILES string of the molecule is Cn1ccnc1Sc1cc(Br)ccc1CN. The van der Waals surface area contributed by atoms with Crippen LogP contribution < -0.4 is 5.73 Å². The summed E-state index contributed by atoms with van der Waals surface area (Å²) in [5, 5.41) is 0.966. The maximum Gasteiger partial charge on any atom is 0.172 e. The number of hydrogen-bond donors (Lipinski definition) is 1. The molecule has 1 aromatic heterocycles. The molecule has 2 N–H and O–H groups in total. The molecule has 3 nitrogen and oxygen atoms in total. The number of rotatable bonds is 3. The Labute approximate surface area is 107 Å². The van der Waals surface area contributed by atoms with E-state index in [1.165, 1.54) is 0 Å². The van der Waals surface area contributed by atoms with Gasteiger partial charge in [0, 0.05) is 35.4 Å². The highest BCUT2D eigenvalue weighted by atomic mass is 79.9. The van der Waals surface area contributed by atoms with Gasteiger partial charge < -0.3 is 10.3 Å². The van der Waals surface area contributed by atoms with Crippen LogP contribution in [0.3, 0.4) is 0 Å². The van der Waals surface area contributed by atoms with Gasteiger partial charge in [0.15, 0.2) is 5.16 Å². The molecule has 0 unspecified atom stereocenters. The fraction of sp³-hybridized carbons (Fsp3) is 0.182. The fourth-order valence-electron chi connectivity index (χ4n) is 1.34. The predicted molar refractivity (Wildman–Crippen MR) is 69.4 cm³/mol. The Morgan fingerprint density at radius 3 is 2.94 bits per heavy atom. The van der Waals surface area contributed by atoms with Crippen molar-refractivity contribution in [3.63, 3.8) is 0 Å². The molecular formula is C11H12BrN3S. The zero-order valence-electron chi connectivity index (χ0n) is 8.85. The molecule has 0 aliphatic rings. The van der Waals surface area contributed by atoms with Crippen LogP contribution in [0.25, 0.3) is 0 Å². The third-order valence-electron chi connectivity index (χ3n) is 2.23. The van der Waals surface area contributed by atoms with E-state index in [9.17, 15) is 0 Å². The van der Waals surface area contributed by atoms with Gasteiger partial charge in [-0.05, 0) is 17.7 Å². The molecule has 0 spiro atoms. The van der Waals surface area contributed by atoms with Crippen LogP contribution in [0.4, 0.5) is 0 Å². The maximum atomic E-state index is 5.71. The van der Waals surface area contributed by atoms with Crippen LogP contribution in [0.2, 0.25) is 0 Å². The molecule has 0 bridgehead atoms. The molecule has 0 radical (unpaired) electrons. The van der Waals surface area contributed by atoms with E-state index in [1.807, 2.05) is 29.9 Å². The van der Waals surface area contributed by atoms with Crippen LogP contribution in [0.5, 0.6) is 0 Å². The highest BCUT2D eigenvalue weighted by molar-refractivity contribution is 9.10. The number of imidazole rings is 1. The summed E-state index contributed by atoms with van der Waals surface area (Å²) in [7, 11) is 1.98. The molecule has 2 aromatic rings. The highest BCUT2D eigenvalue weighted by Gasteiger charge is 2.07. The number of hydrogen-bond acceptors (Lipinski definition) is 3. The maximum absolute atomic E-state index is 5.71. The molecule has 0 aliphatic carbocycles. The number of aryl methyl sites for hydroxylation is 1. The molecule has 0 fully saturated rings. The summed E-state index contributed by atoms with van der Waals surface area (Å²) in [5.74, 6) is 0. The van der Waals surface area contributed by atoms with Crippen LogP contribution >= 0.6 is 27.7 Å². The second-order valence-electron chi connectivity index (χ2n) is 3.38. The van der Waals surface area contributed by atoms with Gasteiger partial charge in [-0.3, -0.25) is 0 Å². The van der Waals surface area contributed by atoms with Crippen LogP contribution in [-0.4, -0.2) is 9.55 Å². The number of aromatic nitrogens is 2. The van der Waals surface area contributed by atoms with E-state index in [1.54, 1.807) is 18.0 Å². The van der Waals surface area contributed by atoms with Crippen LogP contribution in [0.1, 0.15) is 5.56 Å². The first-order valence-corrected chi connectivity index (χ1v) is 6.45. The summed E-state index contributed by atoms with van der Waals surface area (Å²) in [6.45, 7) is 0.542. The molecule has 5 heteroatoms. The first kappa shape index (κ1) is 11.7. The van der Waals surface area contributed by atoms with Crippen molar-refractivity contribution in [3.8, 4) is 0 Å². The minimum absolute atomic E-state index is 0.542. The van der Waals surface area contributed by atoms with E-state index >= 15 is 0 Å². The number of benzene rings is 1. The highest BCUT2D eigenvalue weighted by Crippen LogP contribution is 2.31. The molecule has 0 aliphatic heterocycles. The van der Waals surface area contributed by atoms with Gasteiger partial charge in [0.2, 0.25) is 0 Å². The summed E-state index contributed by atoms with van der Waals surface area (Å²) in [5.41, 5.74) is 6.85. The standard InChI is InChI=1S/C11H12BrN3S/c1-15-5-4-14-11(15)16-10-6-9(12)3-2-8(10)7-13/h2-6H,7,13H2,1H3. The van der Waals surface area contributed by atoms with Crippen molar-refractivity contribution in [1.82, 2.24) is 9.55 Å².